The lowest BCUT2D eigenvalue weighted by atomic mass is 10.2. The molecule has 1 aliphatic carbocycles. The van der Waals surface area contributed by atoms with E-state index in [1.165, 1.54) is 6.92 Å². The number of benzene rings is 2. The SMILES string of the molecule is CC(=O)Nc1ccc(NC(=O)C2CC2C(=O)Nc2cccc(C)c2)cc1. The summed E-state index contributed by atoms with van der Waals surface area (Å²) in [5.74, 6) is -1.05. The first-order chi connectivity index (χ1) is 12.4. The van der Waals surface area contributed by atoms with Gasteiger partial charge >= 0.3 is 0 Å². The Hall–Kier alpha value is -3.15. The fourth-order valence-corrected chi connectivity index (χ4v) is 2.81. The van der Waals surface area contributed by atoms with Gasteiger partial charge in [-0.1, -0.05) is 12.1 Å². The van der Waals surface area contributed by atoms with Gasteiger partial charge in [-0.25, -0.2) is 0 Å². The monoisotopic (exact) mass is 351 g/mol. The summed E-state index contributed by atoms with van der Waals surface area (Å²) in [7, 11) is 0. The summed E-state index contributed by atoms with van der Waals surface area (Å²) in [6.07, 6.45) is 0.549. The summed E-state index contributed by atoms with van der Waals surface area (Å²) in [6.45, 7) is 3.39. The third kappa shape index (κ3) is 4.47. The van der Waals surface area contributed by atoms with Crippen molar-refractivity contribution in [3.8, 4) is 0 Å². The molecule has 2 unspecified atom stereocenters. The molecular weight excluding hydrogens is 330 g/mol. The van der Waals surface area contributed by atoms with E-state index in [4.69, 9.17) is 0 Å². The van der Waals surface area contributed by atoms with Crippen molar-refractivity contribution in [2.75, 3.05) is 16.0 Å². The largest absolute Gasteiger partial charge is 0.326 e. The third-order valence-corrected chi connectivity index (χ3v) is 4.22. The maximum atomic E-state index is 12.3. The van der Waals surface area contributed by atoms with E-state index in [2.05, 4.69) is 16.0 Å². The van der Waals surface area contributed by atoms with E-state index in [0.717, 1.165) is 11.3 Å². The van der Waals surface area contributed by atoms with E-state index in [0.29, 0.717) is 17.8 Å². The molecular formula is C20H21N3O3. The van der Waals surface area contributed by atoms with Crippen LogP contribution in [0.15, 0.2) is 48.5 Å². The smallest absolute Gasteiger partial charge is 0.228 e. The molecule has 2 aromatic carbocycles. The first-order valence-corrected chi connectivity index (χ1v) is 8.48. The highest BCUT2D eigenvalue weighted by Gasteiger charge is 2.48. The van der Waals surface area contributed by atoms with Crippen LogP contribution in [-0.2, 0) is 14.4 Å². The minimum absolute atomic E-state index is 0.128. The molecule has 0 spiro atoms. The lowest BCUT2D eigenvalue weighted by Gasteiger charge is -2.08. The normalized spacial score (nSPS) is 17.9. The Balaban J connectivity index is 1.52. The third-order valence-electron chi connectivity index (χ3n) is 4.22. The van der Waals surface area contributed by atoms with Crippen molar-refractivity contribution >= 4 is 34.8 Å². The van der Waals surface area contributed by atoms with E-state index in [9.17, 15) is 14.4 Å². The molecule has 134 valence electrons. The molecule has 0 saturated heterocycles. The molecule has 0 aliphatic heterocycles. The van der Waals surface area contributed by atoms with Crippen LogP contribution in [0.1, 0.15) is 18.9 Å². The molecule has 1 aliphatic rings. The molecule has 0 aromatic heterocycles. The summed E-state index contributed by atoms with van der Waals surface area (Å²) in [5, 5.41) is 8.34. The van der Waals surface area contributed by atoms with Gasteiger partial charge in [-0.15, -0.1) is 0 Å². The fraction of sp³-hybridized carbons (Fsp3) is 0.250. The van der Waals surface area contributed by atoms with Gasteiger partial charge in [0.25, 0.3) is 0 Å². The molecule has 1 saturated carbocycles. The molecule has 0 bridgehead atoms. The van der Waals surface area contributed by atoms with Gasteiger partial charge in [0.15, 0.2) is 0 Å². The maximum Gasteiger partial charge on any atom is 0.228 e. The van der Waals surface area contributed by atoms with Crippen LogP contribution in [0.25, 0.3) is 0 Å². The van der Waals surface area contributed by atoms with Crippen molar-refractivity contribution in [1.29, 1.82) is 0 Å². The Kier molecular flexibility index (Phi) is 5.02. The molecule has 2 atom stereocenters. The topological polar surface area (TPSA) is 87.3 Å². The predicted octanol–water partition coefficient (Wildman–Crippen LogP) is 3.17. The van der Waals surface area contributed by atoms with Gasteiger partial charge in [0.1, 0.15) is 0 Å². The van der Waals surface area contributed by atoms with Crippen LogP contribution in [0.2, 0.25) is 0 Å². The highest BCUT2D eigenvalue weighted by atomic mass is 16.2. The second-order valence-corrected chi connectivity index (χ2v) is 6.56. The van der Waals surface area contributed by atoms with Crippen LogP contribution in [0.3, 0.4) is 0 Å². The van der Waals surface area contributed by atoms with Gasteiger partial charge in [0.05, 0.1) is 11.8 Å². The Morgan fingerprint density at radius 3 is 1.88 bits per heavy atom. The van der Waals surface area contributed by atoms with E-state index < -0.39 is 0 Å². The van der Waals surface area contributed by atoms with Crippen LogP contribution < -0.4 is 16.0 Å². The average molecular weight is 351 g/mol. The molecule has 3 rings (SSSR count). The predicted molar refractivity (Wildman–Crippen MR) is 101 cm³/mol. The number of hydrogen-bond donors (Lipinski definition) is 3. The van der Waals surface area contributed by atoms with Crippen LogP contribution in [0, 0.1) is 18.8 Å². The number of nitrogens with one attached hydrogen (secondary N) is 3. The van der Waals surface area contributed by atoms with Crippen molar-refractivity contribution in [1.82, 2.24) is 0 Å². The van der Waals surface area contributed by atoms with Crippen LogP contribution in [0.4, 0.5) is 17.1 Å². The first-order valence-electron chi connectivity index (χ1n) is 8.48. The number of carbonyl (C=O) groups is 3. The number of rotatable bonds is 5. The van der Waals surface area contributed by atoms with Crippen molar-refractivity contribution in [3.05, 3.63) is 54.1 Å². The lowest BCUT2D eigenvalue weighted by molar-refractivity contribution is -0.122. The zero-order valence-electron chi connectivity index (χ0n) is 14.7. The minimum Gasteiger partial charge on any atom is -0.326 e. The van der Waals surface area contributed by atoms with E-state index >= 15 is 0 Å². The average Bonchev–Trinajstić information content (AvgIpc) is 3.37. The van der Waals surface area contributed by atoms with Gasteiger partial charge < -0.3 is 16.0 Å². The summed E-state index contributed by atoms with van der Waals surface area (Å²) >= 11 is 0. The molecule has 3 amide bonds. The van der Waals surface area contributed by atoms with E-state index in [-0.39, 0.29) is 29.6 Å². The lowest BCUT2D eigenvalue weighted by Crippen LogP contribution is -2.20. The number of anilines is 3. The number of carbonyl (C=O) groups excluding carboxylic acids is 3. The molecule has 26 heavy (non-hydrogen) atoms. The van der Waals surface area contributed by atoms with Crippen molar-refractivity contribution in [3.63, 3.8) is 0 Å². The Labute approximate surface area is 152 Å². The zero-order chi connectivity index (χ0) is 18.7. The van der Waals surface area contributed by atoms with Gasteiger partial charge in [-0.2, -0.15) is 0 Å². The van der Waals surface area contributed by atoms with Gasteiger partial charge in [-0.3, -0.25) is 14.4 Å². The van der Waals surface area contributed by atoms with Crippen LogP contribution in [-0.4, -0.2) is 17.7 Å². The number of aryl methyl sites for hydroxylation is 1. The molecule has 1 fully saturated rings. The Morgan fingerprint density at radius 2 is 1.35 bits per heavy atom. The zero-order valence-corrected chi connectivity index (χ0v) is 14.7. The standard InChI is InChI=1S/C20H21N3O3/c1-12-4-3-5-16(10-12)23-20(26)18-11-17(18)19(25)22-15-8-6-14(7-9-15)21-13(2)24/h3-10,17-18H,11H2,1-2H3,(H,21,24)(H,22,25)(H,23,26). The highest BCUT2D eigenvalue weighted by molar-refractivity contribution is 6.03. The minimum atomic E-state index is -0.310. The van der Waals surface area contributed by atoms with E-state index in [1.807, 2.05) is 31.2 Å². The molecule has 2 aromatic rings. The van der Waals surface area contributed by atoms with Crippen LogP contribution >= 0.6 is 0 Å². The van der Waals surface area contributed by atoms with E-state index in [1.54, 1.807) is 24.3 Å². The molecule has 0 heterocycles. The molecule has 6 nitrogen and oxygen atoms in total. The fourth-order valence-electron chi connectivity index (χ4n) is 2.81. The van der Waals surface area contributed by atoms with Gasteiger partial charge in [-0.05, 0) is 55.3 Å². The number of amides is 3. The molecule has 6 heteroatoms. The Morgan fingerprint density at radius 1 is 0.808 bits per heavy atom. The summed E-state index contributed by atoms with van der Waals surface area (Å²) in [5.41, 5.74) is 3.11. The van der Waals surface area contributed by atoms with Crippen molar-refractivity contribution in [2.24, 2.45) is 11.8 Å². The Bertz CT molecular complexity index is 846. The maximum absolute atomic E-state index is 12.3. The summed E-state index contributed by atoms with van der Waals surface area (Å²) < 4.78 is 0. The quantitative estimate of drug-likeness (QED) is 0.773. The second-order valence-electron chi connectivity index (χ2n) is 6.56. The van der Waals surface area contributed by atoms with Crippen LogP contribution in [0.5, 0.6) is 0 Å². The van der Waals surface area contributed by atoms with Gasteiger partial charge in [0, 0.05) is 24.0 Å². The van der Waals surface area contributed by atoms with Gasteiger partial charge in [0.2, 0.25) is 17.7 Å². The summed E-state index contributed by atoms with van der Waals surface area (Å²) in [4.78, 5) is 35.6. The molecule has 3 N–H and O–H groups in total. The molecule has 0 radical (unpaired) electrons. The van der Waals surface area contributed by atoms with Crippen molar-refractivity contribution < 1.29 is 14.4 Å². The van der Waals surface area contributed by atoms with Crippen molar-refractivity contribution in [2.45, 2.75) is 20.3 Å². The second kappa shape index (κ2) is 7.39. The summed E-state index contributed by atoms with van der Waals surface area (Å²) in [6, 6.07) is 14.4. The number of hydrogen-bond acceptors (Lipinski definition) is 3. The first kappa shape index (κ1) is 17.7. The highest BCUT2D eigenvalue weighted by Crippen LogP contribution is 2.40.